The van der Waals surface area contributed by atoms with Gasteiger partial charge in [-0.2, -0.15) is 13.2 Å². The highest BCUT2D eigenvalue weighted by Gasteiger charge is 2.53. The minimum atomic E-state index is -4.48. The summed E-state index contributed by atoms with van der Waals surface area (Å²) >= 11 is 0. The molecule has 1 aromatic rings. The van der Waals surface area contributed by atoms with Crippen molar-refractivity contribution in [1.82, 2.24) is 10.2 Å². The Balaban J connectivity index is 1.86. The lowest BCUT2D eigenvalue weighted by atomic mass is 9.78. The van der Waals surface area contributed by atoms with E-state index in [2.05, 4.69) is 5.32 Å². The Labute approximate surface area is 170 Å². The summed E-state index contributed by atoms with van der Waals surface area (Å²) < 4.78 is 38.4. The quantitative estimate of drug-likeness (QED) is 0.702. The molecule has 162 valence electrons. The van der Waals surface area contributed by atoms with Gasteiger partial charge in [-0.25, -0.2) is 0 Å². The average Bonchev–Trinajstić information content (AvgIpc) is 3.12. The minimum absolute atomic E-state index is 0.0348. The number of carbonyl (C=O) groups excluding carboxylic acids is 3. The van der Waals surface area contributed by atoms with Gasteiger partial charge < -0.3 is 15.3 Å². The zero-order valence-electron chi connectivity index (χ0n) is 16.0. The topological polar surface area (TPSA) is 104 Å². The van der Waals surface area contributed by atoms with Crippen LogP contribution < -0.4 is 5.32 Å². The van der Waals surface area contributed by atoms with Gasteiger partial charge in [0, 0.05) is 13.0 Å². The zero-order chi connectivity index (χ0) is 22.1. The van der Waals surface area contributed by atoms with E-state index in [0.717, 1.165) is 25.0 Å². The van der Waals surface area contributed by atoms with Crippen molar-refractivity contribution in [2.45, 2.75) is 50.4 Å². The SMILES string of the molecule is O=C(O)CNC(=O)C1C(=O)CC2(CCCC2)N(Cc2ccc(C(F)(F)F)cc2)C1=O. The van der Waals surface area contributed by atoms with E-state index in [4.69, 9.17) is 5.11 Å². The molecule has 1 unspecified atom stereocenters. The first-order valence-electron chi connectivity index (χ1n) is 9.53. The van der Waals surface area contributed by atoms with Crippen LogP contribution in [0.2, 0.25) is 0 Å². The normalized spacial score (nSPS) is 21.2. The molecule has 2 aliphatic rings. The lowest BCUT2D eigenvalue weighted by Gasteiger charge is -2.46. The van der Waals surface area contributed by atoms with E-state index in [1.54, 1.807) is 0 Å². The molecular weight excluding hydrogens is 405 g/mol. The number of nitrogens with zero attached hydrogens (tertiary/aromatic N) is 1. The number of carboxylic acids is 1. The van der Waals surface area contributed by atoms with E-state index < -0.39 is 53.3 Å². The molecular formula is C20H21F3N2O5. The summed E-state index contributed by atoms with van der Waals surface area (Å²) in [6, 6.07) is 4.39. The summed E-state index contributed by atoms with van der Waals surface area (Å²) in [6.45, 7) is -0.757. The van der Waals surface area contributed by atoms with Crippen molar-refractivity contribution >= 4 is 23.6 Å². The molecule has 7 nitrogen and oxygen atoms in total. The lowest BCUT2D eigenvalue weighted by Crippen LogP contribution is -2.61. The molecule has 0 bridgehead atoms. The zero-order valence-corrected chi connectivity index (χ0v) is 16.0. The molecule has 1 atom stereocenters. The second-order valence-electron chi connectivity index (χ2n) is 7.74. The van der Waals surface area contributed by atoms with Crippen molar-refractivity contribution in [3.05, 3.63) is 35.4 Å². The van der Waals surface area contributed by atoms with Crippen LogP contribution in [0.4, 0.5) is 13.2 Å². The van der Waals surface area contributed by atoms with Crippen LogP contribution in [0, 0.1) is 5.92 Å². The number of halogens is 3. The number of piperidine rings is 1. The summed E-state index contributed by atoms with van der Waals surface area (Å²) in [7, 11) is 0. The van der Waals surface area contributed by atoms with Crippen LogP contribution in [0.25, 0.3) is 0 Å². The molecule has 2 amide bonds. The van der Waals surface area contributed by atoms with E-state index >= 15 is 0 Å². The van der Waals surface area contributed by atoms with Crippen LogP contribution >= 0.6 is 0 Å². The molecule has 0 aromatic heterocycles. The highest BCUT2D eigenvalue weighted by molar-refractivity contribution is 6.20. The first-order valence-corrected chi connectivity index (χ1v) is 9.53. The second-order valence-corrected chi connectivity index (χ2v) is 7.74. The van der Waals surface area contributed by atoms with Gasteiger partial charge in [-0.15, -0.1) is 0 Å². The highest BCUT2D eigenvalue weighted by atomic mass is 19.4. The number of hydrogen-bond acceptors (Lipinski definition) is 4. The molecule has 2 fully saturated rings. The van der Waals surface area contributed by atoms with Gasteiger partial charge in [-0.05, 0) is 30.5 Å². The molecule has 1 heterocycles. The van der Waals surface area contributed by atoms with Crippen LogP contribution in [0.5, 0.6) is 0 Å². The molecule has 3 rings (SSSR count). The Morgan fingerprint density at radius 1 is 1.13 bits per heavy atom. The number of ketones is 1. The summed E-state index contributed by atoms with van der Waals surface area (Å²) in [5.74, 6) is -5.24. The summed E-state index contributed by atoms with van der Waals surface area (Å²) in [4.78, 5) is 50.2. The predicted octanol–water partition coefficient (Wildman–Crippen LogP) is 2.14. The van der Waals surface area contributed by atoms with Crippen LogP contribution in [0.1, 0.15) is 43.2 Å². The van der Waals surface area contributed by atoms with E-state index in [9.17, 15) is 32.3 Å². The molecule has 1 aliphatic carbocycles. The van der Waals surface area contributed by atoms with E-state index in [1.807, 2.05) is 0 Å². The van der Waals surface area contributed by atoms with Crippen molar-refractivity contribution in [3.8, 4) is 0 Å². The smallest absolute Gasteiger partial charge is 0.416 e. The van der Waals surface area contributed by atoms with Crippen LogP contribution in [0.15, 0.2) is 24.3 Å². The summed E-state index contributed by atoms with van der Waals surface area (Å²) in [5, 5.41) is 10.8. The van der Waals surface area contributed by atoms with E-state index in [0.29, 0.717) is 18.4 Å². The Kier molecular flexibility index (Phi) is 5.87. The number of carboxylic acid groups (broad SMARTS) is 1. The van der Waals surface area contributed by atoms with Gasteiger partial charge in [0.15, 0.2) is 11.7 Å². The Hall–Kier alpha value is -2.91. The standard InChI is InChI=1S/C20H21F3N2O5/c21-20(22,23)13-5-3-12(4-6-13)11-25-18(30)16(17(29)24-10-15(27)28)14(26)9-19(25)7-1-2-8-19/h3-6,16H,1-2,7-11H2,(H,24,29)(H,27,28). The van der Waals surface area contributed by atoms with Gasteiger partial charge in [-0.3, -0.25) is 19.2 Å². The fraction of sp³-hybridized carbons (Fsp3) is 0.500. The van der Waals surface area contributed by atoms with Gasteiger partial charge in [0.05, 0.1) is 11.1 Å². The third-order valence-electron chi connectivity index (χ3n) is 5.74. The molecule has 0 radical (unpaired) electrons. The number of likely N-dealkylation sites (tertiary alicyclic amines) is 1. The van der Waals surface area contributed by atoms with Gasteiger partial charge in [0.2, 0.25) is 11.8 Å². The van der Waals surface area contributed by atoms with Gasteiger partial charge in [0.1, 0.15) is 6.54 Å². The molecule has 1 spiro atoms. The highest BCUT2D eigenvalue weighted by Crippen LogP contribution is 2.43. The minimum Gasteiger partial charge on any atom is -0.480 e. The predicted molar refractivity (Wildman–Crippen MR) is 97.0 cm³/mol. The van der Waals surface area contributed by atoms with Gasteiger partial charge >= 0.3 is 12.1 Å². The van der Waals surface area contributed by atoms with Crippen LogP contribution in [-0.2, 0) is 31.9 Å². The number of carbonyl (C=O) groups is 4. The monoisotopic (exact) mass is 426 g/mol. The molecule has 1 saturated heterocycles. The third-order valence-corrected chi connectivity index (χ3v) is 5.74. The summed E-state index contributed by atoms with van der Waals surface area (Å²) in [5.41, 5.74) is -1.13. The number of benzene rings is 1. The number of alkyl halides is 3. The number of rotatable bonds is 5. The van der Waals surface area contributed by atoms with Crippen LogP contribution in [0.3, 0.4) is 0 Å². The lowest BCUT2D eigenvalue weighted by molar-refractivity contribution is -0.160. The molecule has 1 saturated carbocycles. The molecule has 2 N–H and O–H groups in total. The van der Waals surface area contributed by atoms with Crippen molar-refractivity contribution in [2.24, 2.45) is 5.92 Å². The largest absolute Gasteiger partial charge is 0.480 e. The molecule has 1 aliphatic heterocycles. The maximum atomic E-state index is 13.1. The Bertz CT molecular complexity index is 860. The third kappa shape index (κ3) is 4.31. The Morgan fingerprint density at radius 3 is 2.27 bits per heavy atom. The molecule has 1 aromatic carbocycles. The van der Waals surface area contributed by atoms with E-state index in [1.165, 1.54) is 17.0 Å². The molecule has 30 heavy (non-hydrogen) atoms. The number of amides is 2. The van der Waals surface area contributed by atoms with Gasteiger partial charge in [-0.1, -0.05) is 25.0 Å². The summed E-state index contributed by atoms with van der Waals surface area (Å²) in [6.07, 6.45) is -1.81. The van der Waals surface area contributed by atoms with Crippen molar-refractivity contribution in [2.75, 3.05) is 6.54 Å². The molecule has 10 heteroatoms. The second kappa shape index (κ2) is 8.08. The number of nitrogens with one attached hydrogen (secondary N) is 1. The van der Waals surface area contributed by atoms with Crippen LogP contribution in [-0.4, -0.2) is 45.7 Å². The van der Waals surface area contributed by atoms with Crippen molar-refractivity contribution in [1.29, 1.82) is 0 Å². The van der Waals surface area contributed by atoms with Crippen molar-refractivity contribution < 1.29 is 37.5 Å². The number of hydrogen-bond donors (Lipinski definition) is 2. The number of Topliss-reactive ketones (excluding diaryl/α,β-unsaturated/α-hetero) is 1. The average molecular weight is 426 g/mol. The first-order chi connectivity index (χ1) is 14.0. The first kappa shape index (κ1) is 21.8. The fourth-order valence-corrected chi connectivity index (χ4v) is 4.28. The fourth-order valence-electron chi connectivity index (χ4n) is 4.28. The number of aliphatic carboxylic acids is 1. The van der Waals surface area contributed by atoms with Gasteiger partial charge in [0.25, 0.3) is 0 Å². The van der Waals surface area contributed by atoms with Crippen molar-refractivity contribution in [3.63, 3.8) is 0 Å². The maximum absolute atomic E-state index is 13.1. The Morgan fingerprint density at radius 2 is 1.73 bits per heavy atom. The maximum Gasteiger partial charge on any atom is 0.416 e. The van der Waals surface area contributed by atoms with E-state index in [-0.39, 0.29) is 13.0 Å².